The summed E-state index contributed by atoms with van der Waals surface area (Å²) in [5.74, 6) is 1.79. The van der Waals surface area contributed by atoms with Gasteiger partial charge in [0, 0.05) is 6.61 Å². The summed E-state index contributed by atoms with van der Waals surface area (Å²) >= 11 is 0. The first-order chi connectivity index (χ1) is 7.65. The zero-order valence-corrected chi connectivity index (χ0v) is 10.5. The third kappa shape index (κ3) is 2.47. The second kappa shape index (κ2) is 5.75. The predicted octanol–water partition coefficient (Wildman–Crippen LogP) is 2.25. The van der Waals surface area contributed by atoms with Crippen molar-refractivity contribution in [3.63, 3.8) is 0 Å². The highest BCUT2D eigenvalue weighted by molar-refractivity contribution is 5.52. The Morgan fingerprint density at radius 1 is 1.12 bits per heavy atom. The van der Waals surface area contributed by atoms with Gasteiger partial charge in [-0.05, 0) is 49.4 Å². The average molecular weight is 224 g/mol. The molecule has 0 amide bonds. The lowest BCUT2D eigenvalue weighted by Gasteiger charge is -2.16. The number of methoxy groups -OCH3 is 2. The minimum absolute atomic E-state index is 0.193. The molecule has 0 spiro atoms. The molecule has 3 heteroatoms. The lowest BCUT2D eigenvalue weighted by atomic mass is 10.00. The summed E-state index contributed by atoms with van der Waals surface area (Å²) in [6.45, 7) is 4.24. The van der Waals surface area contributed by atoms with E-state index in [1.807, 2.05) is 19.9 Å². The van der Waals surface area contributed by atoms with Crippen LogP contribution in [0.4, 0.5) is 0 Å². The van der Waals surface area contributed by atoms with Crippen LogP contribution in [0.3, 0.4) is 0 Å². The molecule has 1 aromatic rings. The van der Waals surface area contributed by atoms with Crippen molar-refractivity contribution in [1.29, 1.82) is 0 Å². The van der Waals surface area contributed by atoms with Crippen LogP contribution in [0, 0.1) is 13.8 Å². The van der Waals surface area contributed by atoms with Crippen LogP contribution in [-0.2, 0) is 6.42 Å². The normalized spacial score (nSPS) is 10.3. The van der Waals surface area contributed by atoms with E-state index in [0.29, 0.717) is 0 Å². The van der Waals surface area contributed by atoms with Crippen LogP contribution < -0.4 is 9.47 Å². The number of aliphatic hydroxyl groups is 1. The van der Waals surface area contributed by atoms with E-state index in [0.717, 1.165) is 41.0 Å². The summed E-state index contributed by atoms with van der Waals surface area (Å²) < 4.78 is 10.7. The van der Waals surface area contributed by atoms with Crippen molar-refractivity contribution in [3.8, 4) is 11.5 Å². The molecule has 0 saturated carbocycles. The molecule has 0 heterocycles. The van der Waals surface area contributed by atoms with Gasteiger partial charge in [-0.15, -0.1) is 0 Å². The molecule has 90 valence electrons. The highest BCUT2D eigenvalue weighted by Crippen LogP contribution is 2.33. The monoisotopic (exact) mass is 224 g/mol. The topological polar surface area (TPSA) is 38.7 Å². The summed E-state index contributed by atoms with van der Waals surface area (Å²) in [6.07, 6.45) is 1.54. The Bertz CT molecular complexity index is 359. The van der Waals surface area contributed by atoms with Gasteiger partial charge in [-0.1, -0.05) is 0 Å². The summed E-state index contributed by atoms with van der Waals surface area (Å²) in [6, 6.07) is 2.00. The molecule has 0 aliphatic carbocycles. The van der Waals surface area contributed by atoms with Gasteiger partial charge in [-0.25, -0.2) is 0 Å². The number of benzene rings is 1. The fraction of sp³-hybridized carbons (Fsp3) is 0.538. The van der Waals surface area contributed by atoms with E-state index in [1.54, 1.807) is 14.2 Å². The van der Waals surface area contributed by atoms with Crippen LogP contribution in [0.1, 0.15) is 23.1 Å². The maximum atomic E-state index is 8.87. The molecule has 0 aromatic heterocycles. The Hall–Kier alpha value is -1.22. The van der Waals surface area contributed by atoms with Crippen LogP contribution in [0.2, 0.25) is 0 Å². The fourth-order valence-electron chi connectivity index (χ4n) is 1.88. The van der Waals surface area contributed by atoms with E-state index >= 15 is 0 Å². The number of ether oxygens (including phenoxy) is 2. The standard InChI is InChI=1S/C13H20O3/c1-9-10(2)13(16-4)11(6-5-7-14)8-12(9)15-3/h8,14H,5-7H2,1-4H3. The molecule has 0 aliphatic rings. The first-order valence-electron chi connectivity index (χ1n) is 5.47. The van der Waals surface area contributed by atoms with Crippen molar-refractivity contribution < 1.29 is 14.6 Å². The fourth-order valence-corrected chi connectivity index (χ4v) is 1.88. The van der Waals surface area contributed by atoms with E-state index < -0.39 is 0 Å². The van der Waals surface area contributed by atoms with Crippen LogP contribution in [-0.4, -0.2) is 25.9 Å². The largest absolute Gasteiger partial charge is 0.496 e. The van der Waals surface area contributed by atoms with Gasteiger partial charge >= 0.3 is 0 Å². The lowest BCUT2D eigenvalue weighted by Crippen LogP contribution is -2.01. The minimum Gasteiger partial charge on any atom is -0.496 e. The summed E-state index contributed by atoms with van der Waals surface area (Å²) in [4.78, 5) is 0. The number of aliphatic hydroxyl groups excluding tert-OH is 1. The number of rotatable bonds is 5. The Morgan fingerprint density at radius 3 is 2.31 bits per heavy atom. The molecule has 0 saturated heterocycles. The van der Waals surface area contributed by atoms with Crippen molar-refractivity contribution in [2.75, 3.05) is 20.8 Å². The van der Waals surface area contributed by atoms with E-state index in [4.69, 9.17) is 14.6 Å². The van der Waals surface area contributed by atoms with Crippen LogP contribution in [0.25, 0.3) is 0 Å². The van der Waals surface area contributed by atoms with Crippen LogP contribution in [0.15, 0.2) is 6.07 Å². The molecule has 1 aromatic carbocycles. The van der Waals surface area contributed by atoms with E-state index in [2.05, 4.69) is 0 Å². The van der Waals surface area contributed by atoms with Gasteiger partial charge in [0.15, 0.2) is 0 Å². The second-order valence-corrected chi connectivity index (χ2v) is 3.85. The molecule has 0 aliphatic heterocycles. The zero-order valence-electron chi connectivity index (χ0n) is 10.5. The number of hydrogen-bond acceptors (Lipinski definition) is 3. The van der Waals surface area contributed by atoms with E-state index in [9.17, 15) is 0 Å². The molecule has 0 radical (unpaired) electrons. The van der Waals surface area contributed by atoms with Gasteiger partial charge in [0.2, 0.25) is 0 Å². The maximum absolute atomic E-state index is 8.87. The Kier molecular flexibility index (Phi) is 4.62. The molecule has 0 unspecified atom stereocenters. The third-order valence-corrected chi connectivity index (χ3v) is 2.90. The third-order valence-electron chi connectivity index (χ3n) is 2.90. The van der Waals surface area contributed by atoms with Gasteiger partial charge in [0.1, 0.15) is 11.5 Å². The molecule has 0 bridgehead atoms. The Balaban J connectivity index is 3.18. The van der Waals surface area contributed by atoms with E-state index in [1.165, 1.54) is 0 Å². The summed E-state index contributed by atoms with van der Waals surface area (Å²) in [5, 5.41) is 8.87. The second-order valence-electron chi connectivity index (χ2n) is 3.85. The number of aryl methyl sites for hydroxylation is 1. The van der Waals surface area contributed by atoms with Gasteiger partial charge in [0.05, 0.1) is 14.2 Å². The maximum Gasteiger partial charge on any atom is 0.125 e. The predicted molar refractivity (Wildman–Crippen MR) is 64.4 cm³/mol. The molecule has 1 N–H and O–H groups in total. The smallest absolute Gasteiger partial charge is 0.125 e. The number of hydrogen-bond donors (Lipinski definition) is 1. The summed E-state index contributed by atoms with van der Waals surface area (Å²) in [7, 11) is 3.35. The first-order valence-corrected chi connectivity index (χ1v) is 5.47. The zero-order chi connectivity index (χ0) is 12.1. The Morgan fingerprint density at radius 2 is 1.81 bits per heavy atom. The highest BCUT2D eigenvalue weighted by atomic mass is 16.5. The molecule has 0 atom stereocenters. The SMILES string of the molecule is COc1cc(CCCO)c(OC)c(C)c1C. The van der Waals surface area contributed by atoms with Gasteiger partial charge in [-0.3, -0.25) is 0 Å². The van der Waals surface area contributed by atoms with E-state index in [-0.39, 0.29) is 6.61 Å². The minimum atomic E-state index is 0.193. The molecule has 16 heavy (non-hydrogen) atoms. The van der Waals surface area contributed by atoms with Crippen molar-refractivity contribution in [3.05, 3.63) is 22.8 Å². The molecular weight excluding hydrogens is 204 g/mol. The molecular formula is C13H20O3. The van der Waals surface area contributed by atoms with Crippen molar-refractivity contribution in [2.24, 2.45) is 0 Å². The quantitative estimate of drug-likeness (QED) is 0.833. The van der Waals surface area contributed by atoms with Crippen LogP contribution >= 0.6 is 0 Å². The Labute approximate surface area is 97.0 Å². The molecule has 3 nitrogen and oxygen atoms in total. The lowest BCUT2D eigenvalue weighted by molar-refractivity contribution is 0.287. The first kappa shape index (κ1) is 12.8. The highest BCUT2D eigenvalue weighted by Gasteiger charge is 2.13. The van der Waals surface area contributed by atoms with Crippen molar-refractivity contribution in [1.82, 2.24) is 0 Å². The summed E-state index contributed by atoms with van der Waals surface area (Å²) in [5.41, 5.74) is 3.30. The van der Waals surface area contributed by atoms with Crippen LogP contribution in [0.5, 0.6) is 11.5 Å². The van der Waals surface area contributed by atoms with Gasteiger partial charge in [0.25, 0.3) is 0 Å². The van der Waals surface area contributed by atoms with Crippen molar-refractivity contribution >= 4 is 0 Å². The molecule has 1 rings (SSSR count). The van der Waals surface area contributed by atoms with Crippen molar-refractivity contribution in [2.45, 2.75) is 26.7 Å². The average Bonchev–Trinajstić information content (AvgIpc) is 2.30. The van der Waals surface area contributed by atoms with Gasteiger partial charge in [-0.2, -0.15) is 0 Å². The van der Waals surface area contributed by atoms with Gasteiger partial charge < -0.3 is 14.6 Å². The molecule has 0 fully saturated rings.